The Morgan fingerprint density at radius 2 is 1.71 bits per heavy atom. The van der Waals surface area contributed by atoms with Gasteiger partial charge in [-0.25, -0.2) is 0 Å². The Morgan fingerprint density at radius 1 is 1.05 bits per heavy atom. The summed E-state index contributed by atoms with van der Waals surface area (Å²) in [4.78, 5) is 14.5. The lowest BCUT2D eigenvalue weighted by Gasteiger charge is -2.22. The first-order chi connectivity index (χ1) is 10.1. The molecule has 2 aromatic rings. The zero-order valence-corrected chi connectivity index (χ0v) is 12.9. The molecule has 0 unspecified atom stereocenters. The quantitative estimate of drug-likeness (QED) is 0.934. The molecule has 2 N–H and O–H groups in total. The predicted octanol–water partition coefficient (Wildman–Crippen LogP) is 3.43. The molecule has 2 aromatic carbocycles. The van der Waals surface area contributed by atoms with Crippen molar-refractivity contribution in [2.24, 2.45) is 5.73 Å². The molecule has 0 spiro atoms. The van der Waals surface area contributed by atoms with Gasteiger partial charge in [-0.15, -0.1) is 0 Å². The van der Waals surface area contributed by atoms with Gasteiger partial charge in [0, 0.05) is 24.3 Å². The van der Waals surface area contributed by atoms with Crippen LogP contribution in [0.2, 0.25) is 0 Å². The number of carbonyl (C=O) groups excluding carboxylic acids is 1. The summed E-state index contributed by atoms with van der Waals surface area (Å²) in [6.07, 6.45) is 0. The van der Waals surface area contributed by atoms with Crippen LogP contribution >= 0.6 is 0 Å². The van der Waals surface area contributed by atoms with Crippen LogP contribution in [0.5, 0.6) is 0 Å². The average Bonchev–Trinajstić information content (AvgIpc) is 2.51. The first kappa shape index (κ1) is 15.3. The van der Waals surface area contributed by atoms with E-state index in [1.807, 2.05) is 63.2 Å². The van der Waals surface area contributed by atoms with Crippen LogP contribution in [0.1, 0.15) is 34.0 Å². The first-order valence-electron chi connectivity index (χ1n) is 7.25. The summed E-state index contributed by atoms with van der Waals surface area (Å²) in [6.45, 7) is 7.20. The number of amides is 1. The van der Waals surface area contributed by atoms with Crippen LogP contribution in [0.3, 0.4) is 0 Å². The minimum absolute atomic E-state index is 0.0288. The zero-order valence-electron chi connectivity index (χ0n) is 12.9. The smallest absolute Gasteiger partial charge is 0.258 e. The van der Waals surface area contributed by atoms with Gasteiger partial charge >= 0.3 is 0 Å². The lowest BCUT2D eigenvalue weighted by molar-refractivity contribution is 0.0988. The molecular weight excluding hydrogens is 260 g/mol. The van der Waals surface area contributed by atoms with Gasteiger partial charge in [0.25, 0.3) is 5.91 Å². The standard InChI is InChI=1S/C18H22N2O/c1-4-20(17-9-6-15(12-19)7-10-17)18(21)16-8-5-13(2)14(3)11-16/h5-11H,4,12,19H2,1-3H3. The Kier molecular flexibility index (Phi) is 4.76. The second-order valence-corrected chi connectivity index (χ2v) is 5.22. The normalized spacial score (nSPS) is 10.5. The summed E-state index contributed by atoms with van der Waals surface area (Å²) in [7, 11) is 0. The number of rotatable bonds is 4. The van der Waals surface area contributed by atoms with E-state index in [9.17, 15) is 4.79 Å². The van der Waals surface area contributed by atoms with Gasteiger partial charge < -0.3 is 10.6 Å². The number of nitrogens with zero attached hydrogens (tertiary/aromatic N) is 1. The molecule has 0 aromatic heterocycles. The molecular formula is C18H22N2O. The Labute approximate surface area is 126 Å². The third kappa shape index (κ3) is 3.31. The molecule has 110 valence electrons. The van der Waals surface area contributed by atoms with Crippen LogP contribution in [-0.2, 0) is 6.54 Å². The average molecular weight is 282 g/mol. The van der Waals surface area contributed by atoms with Gasteiger partial charge in [-0.2, -0.15) is 0 Å². The van der Waals surface area contributed by atoms with Gasteiger partial charge in [0.2, 0.25) is 0 Å². The summed E-state index contributed by atoms with van der Waals surface area (Å²) < 4.78 is 0. The first-order valence-corrected chi connectivity index (χ1v) is 7.25. The topological polar surface area (TPSA) is 46.3 Å². The van der Waals surface area contributed by atoms with Gasteiger partial charge in [0.15, 0.2) is 0 Å². The van der Waals surface area contributed by atoms with Crippen molar-refractivity contribution in [3.63, 3.8) is 0 Å². The highest BCUT2D eigenvalue weighted by atomic mass is 16.2. The van der Waals surface area contributed by atoms with Crippen LogP contribution < -0.4 is 10.6 Å². The van der Waals surface area contributed by atoms with Crippen molar-refractivity contribution < 1.29 is 4.79 Å². The lowest BCUT2D eigenvalue weighted by atomic mass is 10.1. The van der Waals surface area contributed by atoms with Crippen molar-refractivity contribution in [2.45, 2.75) is 27.3 Å². The fourth-order valence-corrected chi connectivity index (χ4v) is 2.29. The third-order valence-corrected chi connectivity index (χ3v) is 3.80. The lowest BCUT2D eigenvalue weighted by Crippen LogP contribution is -2.30. The molecule has 0 bridgehead atoms. The maximum absolute atomic E-state index is 12.7. The number of hydrogen-bond donors (Lipinski definition) is 1. The minimum Gasteiger partial charge on any atom is -0.326 e. The minimum atomic E-state index is 0.0288. The van der Waals surface area contributed by atoms with E-state index in [0.29, 0.717) is 13.1 Å². The summed E-state index contributed by atoms with van der Waals surface area (Å²) in [5.41, 5.74) is 10.6. The number of aryl methyl sites for hydroxylation is 2. The maximum atomic E-state index is 12.7. The van der Waals surface area contributed by atoms with Crippen LogP contribution in [0, 0.1) is 13.8 Å². The van der Waals surface area contributed by atoms with Crippen molar-refractivity contribution in [3.05, 3.63) is 64.7 Å². The molecule has 0 heterocycles. The molecule has 0 saturated carbocycles. The van der Waals surface area contributed by atoms with Crippen LogP contribution in [0.4, 0.5) is 5.69 Å². The summed E-state index contributed by atoms with van der Waals surface area (Å²) >= 11 is 0. The molecule has 0 aliphatic heterocycles. The van der Waals surface area contributed by atoms with Crippen molar-refractivity contribution in [1.82, 2.24) is 0 Å². The number of benzene rings is 2. The Morgan fingerprint density at radius 3 is 2.24 bits per heavy atom. The Hall–Kier alpha value is -2.13. The Bertz CT molecular complexity index is 632. The number of anilines is 1. The maximum Gasteiger partial charge on any atom is 0.258 e. The highest BCUT2D eigenvalue weighted by Gasteiger charge is 2.16. The van der Waals surface area contributed by atoms with E-state index in [1.165, 1.54) is 5.56 Å². The number of nitrogens with two attached hydrogens (primary N) is 1. The van der Waals surface area contributed by atoms with Crippen LogP contribution in [0.15, 0.2) is 42.5 Å². The summed E-state index contributed by atoms with van der Waals surface area (Å²) in [5.74, 6) is 0.0288. The van der Waals surface area contributed by atoms with Crippen LogP contribution in [-0.4, -0.2) is 12.5 Å². The highest BCUT2D eigenvalue weighted by molar-refractivity contribution is 6.06. The molecule has 0 saturated heterocycles. The van der Waals surface area contributed by atoms with Gasteiger partial charge in [-0.1, -0.05) is 18.2 Å². The number of carbonyl (C=O) groups is 1. The summed E-state index contributed by atoms with van der Waals surface area (Å²) in [5, 5.41) is 0. The van der Waals surface area contributed by atoms with E-state index < -0.39 is 0 Å². The van der Waals surface area contributed by atoms with Gasteiger partial charge in [0.1, 0.15) is 0 Å². The SMILES string of the molecule is CCN(C(=O)c1ccc(C)c(C)c1)c1ccc(CN)cc1. The number of hydrogen-bond acceptors (Lipinski definition) is 2. The van der Waals surface area contributed by atoms with Crippen molar-refractivity contribution >= 4 is 11.6 Å². The van der Waals surface area contributed by atoms with Gasteiger partial charge in [-0.3, -0.25) is 4.79 Å². The molecule has 21 heavy (non-hydrogen) atoms. The van der Waals surface area contributed by atoms with E-state index in [0.717, 1.165) is 22.4 Å². The van der Waals surface area contributed by atoms with Crippen molar-refractivity contribution in [3.8, 4) is 0 Å². The Balaban J connectivity index is 2.30. The van der Waals surface area contributed by atoms with E-state index >= 15 is 0 Å². The molecule has 0 fully saturated rings. The van der Waals surface area contributed by atoms with E-state index in [1.54, 1.807) is 4.90 Å². The molecule has 1 amide bonds. The molecule has 2 rings (SSSR count). The molecule has 3 nitrogen and oxygen atoms in total. The zero-order chi connectivity index (χ0) is 15.4. The molecule has 0 aliphatic rings. The van der Waals surface area contributed by atoms with E-state index in [-0.39, 0.29) is 5.91 Å². The highest BCUT2D eigenvalue weighted by Crippen LogP contribution is 2.19. The second kappa shape index (κ2) is 6.55. The third-order valence-electron chi connectivity index (χ3n) is 3.80. The largest absolute Gasteiger partial charge is 0.326 e. The van der Waals surface area contributed by atoms with Crippen LogP contribution in [0.25, 0.3) is 0 Å². The second-order valence-electron chi connectivity index (χ2n) is 5.22. The fraction of sp³-hybridized carbons (Fsp3) is 0.278. The van der Waals surface area contributed by atoms with E-state index in [4.69, 9.17) is 5.73 Å². The monoisotopic (exact) mass is 282 g/mol. The fourth-order valence-electron chi connectivity index (χ4n) is 2.29. The molecule has 0 radical (unpaired) electrons. The van der Waals surface area contributed by atoms with Gasteiger partial charge in [-0.05, 0) is 61.7 Å². The summed E-state index contributed by atoms with van der Waals surface area (Å²) in [6, 6.07) is 13.7. The molecule has 3 heteroatoms. The predicted molar refractivity (Wildman–Crippen MR) is 87.6 cm³/mol. The molecule has 0 atom stereocenters. The van der Waals surface area contributed by atoms with Crippen molar-refractivity contribution in [1.29, 1.82) is 0 Å². The molecule has 0 aliphatic carbocycles. The van der Waals surface area contributed by atoms with E-state index in [2.05, 4.69) is 0 Å². The van der Waals surface area contributed by atoms with Gasteiger partial charge in [0.05, 0.1) is 0 Å². The van der Waals surface area contributed by atoms with Crippen molar-refractivity contribution in [2.75, 3.05) is 11.4 Å².